The summed E-state index contributed by atoms with van der Waals surface area (Å²) in [5.41, 5.74) is 1.40. The van der Waals surface area contributed by atoms with Crippen molar-refractivity contribution in [1.82, 2.24) is 9.55 Å². The molecule has 3 heteroatoms. The molecule has 1 fully saturated rings. The lowest BCUT2D eigenvalue weighted by Gasteiger charge is -2.39. The molecule has 1 aliphatic rings. The van der Waals surface area contributed by atoms with E-state index in [1.165, 1.54) is 19.3 Å². The molecule has 1 N–H and O–H groups in total. The summed E-state index contributed by atoms with van der Waals surface area (Å²) in [5, 5.41) is 3.58. The van der Waals surface area contributed by atoms with Gasteiger partial charge in [-0.25, -0.2) is 4.98 Å². The fraction of sp³-hybridized carbons (Fsp3) is 0.750. The lowest BCUT2D eigenvalue weighted by molar-refractivity contribution is 0.303. The third kappa shape index (κ3) is 2.16. The minimum absolute atomic E-state index is 0.295. The average Bonchev–Trinajstić information content (AvgIpc) is 2.45. The minimum atomic E-state index is 0.295. The van der Waals surface area contributed by atoms with Crippen LogP contribution in [0.25, 0.3) is 0 Å². The lowest BCUT2D eigenvalue weighted by Crippen LogP contribution is -2.42. The van der Waals surface area contributed by atoms with Crippen molar-refractivity contribution in [2.75, 3.05) is 5.32 Å². The van der Waals surface area contributed by atoms with Gasteiger partial charge in [-0.3, -0.25) is 0 Å². The molecular weight excluding hydrogens is 186 g/mol. The predicted octanol–water partition coefficient (Wildman–Crippen LogP) is 2.96. The maximum atomic E-state index is 4.55. The molecule has 0 amide bonds. The summed E-state index contributed by atoms with van der Waals surface area (Å²) in [6.07, 6.45) is 7.17. The largest absolute Gasteiger partial charge is 0.350 e. The summed E-state index contributed by atoms with van der Waals surface area (Å²) in [5.74, 6) is 1.05. The van der Waals surface area contributed by atoms with Crippen LogP contribution in [0, 0.1) is 6.92 Å². The summed E-state index contributed by atoms with van der Waals surface area (Å²) >= 11 is 0. The average molecular weight is 207 g/mol. The Kier molecular flexibility index (Phi) is 2.72. The van der Waals surface area contributed by atoms with Gasteiger partial charge in [-0.15, -0.1) is 0 Å². The molecule has 0 aromatic carbocycles. The topological polar surface area (TPSA) is 29.9 Å². The maximum Gasteiger partial charge on any atom is 0.203 e. The number of nitrogens with one attached hydrogen (secondary N) is 1. The second kappa shape index (κ2) is 3.87. The van der Waals surface area contributed by atoms with Gasteiger partial charge in [0.2, 0.25) is 5.95 Å². The third-order valence-electron chi connectivity index (χ3n) is 3.23. The Hall–Kier alpha value is -0.990. The lowest BCUT2D eigenvalue weighted by atomic mass is 9.79. The Morgan fingerprint density at radius 2 is 2.27 bits per heavy atom. The van der Waals surface area contributed by atoms with E-state index in [9.17, 15) is 0 Å². The molecule has 0 radical (unpaired) electrons. The number of hydrogen-bond donors (Lipinski definition) is 1. The predicted molar refractivity (Wildman–Crippen MR) is 63.1 cm³/mol. The van der Waals surface area contributed by atoms with Crippen molar-refractivity contribution in [2.24, 2.45) is 0 Å². The van der Waals surface area contributed by atoms with Gasteiger partial charge >= 0.3 is 0 Å². The zero-order valence-corrected chi connectivity index (χ0v) is 10.0. The van der Waals surface area contributed by atoms with E-state index in [4.69, 9.17) is 0 Å². The van der Waals surface area contributed by atoms with Crippen LogP contribution in [0.5, 0.6) is 0 Å². The quantitative estimate of drug-likeness (QED) is 0.822. The molecule has 0 spiro atoms. The van der Waals surface area contributed by atoms with Gasteiger partial charge in [0.15, 0.2) is 0 Å². The molecule has 1 aromatic heterocycles. The van der Waals surface area contributed by atoms with E-state index in [2.05, 4.69) is 41.8 Å². The highest BCUT2D eigenvalue weighted by Crippen LogP contribution is 2.34. The van der Waals surface area contributed by atoms with Crippen LogP contribution in [-0.2, 0) is 6.54 Å². The molecule has 1 heterocycles. The maximum absolute atomic E-state index is 4.55. The highest BCUT2D eigenvalue weighted by molar-refractivity contribution is 5.33. The van der Waals surface area contributed by atoms with Crippen molar-refractivity contribution in [3.63, 3.8) is 0 Å². The second-order valence-electron chi connectivity index (χ2n) is 4.94. The van der Waals surface area contributed by atoms with Gasteiger partial charge in [0.1, 0.15) is 0 Å². The molecule has 3 nitrogen and oxygen atoms in total. The van der Waals surface area contributed by atoms with Crippen LogP contribution >= 0.6 is 0 Å². The minimum Gasteiger partial charge on any atom is -0.350 e. The van der Waals surface area contributed by atoms with Crippen molar-refractivity contribution in [1.29, 1.82) is 0 Å². The fourth-order valence-electron chi connectivity index (χ4n) is 2.16. The molecule has 0 bridgehead atoms. The number of anilines is 1. The molecule has 1 aliphatic carbocycles. The molecule has 15 heavy (non-hydrogen) atoms. The van der Waals surface area contributed by atoms with E-state index in [0.29, 0.717) is 5.54 Å². The number of aromatic nitrogens is 2. The molecule has 0 atom stereocenters. The van der Waals surface area contributed by atoms with Crippen LogP contribution in [0.15, 0.2) is 6.20 Å². The summed E-state index contributed by atoms with van der Waals surface area (Å²) in [4.78, 5) is 4.55. The number of aryl methyl sites for hydroxylation is 2. The van der Waals surface area contributed by atoms with Crippen LogP contribution in [0.3, 0.4) is 0 Å². The highest BCUT2D eigenvalue weighted by Gasteiger charge is 2.32. The van der Waals surface area contributed by atoms with Crippen molar-refractivity contribution >= 4 is 5.95 Å². The molecular formula is C12H21N3. The van der Waals surface area contributed by atoms with Gasteiger partial charge in [0, 0.05) is 18.3 Å². The van der Waals surface area contributed by atoms with E-state index >= 15 is 0 Å². The first-order chi connectivity index (χ1) is 7.13. The van der Waals surface area contributed by atoms with E-state index < -0.39 is 0 Å². The van der Waals surface area contributed by atoms with Crippen molar-refractivity contribution in [3.05, 3.63) is 11.9 Å². The van der Waals surface area contributed by atoms with Gasteiger partial charge in [-0.2, -0.15) is 0 Å². The first-order valence-electron chi connectivity index (χ1n) is 5.95. The molecule has 1 aromatic rings. The van der Waals surface area contributed by atoms with Crippen molar-refractivity contribution in [2.45, 2.75) is 58.5 Å². The zero-order valence-electron chi connectivity index (χ0n) is 10.0. The SMILES string of the molecule is CCCn1cc(C)nc1NC1(C)CCC1. The Morgan fingerprint density at radius 3 is 2.80 bits per heavy atom. The fourth-order valence-corrected chi connectivity index (χ4v) is 2.16. The van der Waals surface area contributed by atoms with Crippen LogP contribution < -0.4 is 5.32 Å². The van der Waals surface area contributed by atoms with Crippen LogP contribution in [0.4, 0.5) is 5.95 Å². The Labute approximate surface area is 91.9 Å². The molecule has 0 saturated heterocycles. The summed E-state index contributed by atoms with van der Waals surface area (Å²) in [7, 11) is 0. The van der Waals surface area contributed by atoms with Gasteiger partial charge in [-0.05, 0) is 39.5 Å². The second-order valence-corrected chi connectivity index (χ2v) is 4.94. The number of hydrogen-bond acceptors (Lipinski definition) is 2. The standard InChI is InChI=1S/C12H21N3/c1-4-8-15-9-10(2)13-11(15)14-12(3)6-5-7-12/h9H,4-8H2,1-3H3,(H,13,14). The Morgan fingerprint density at radius 1 is 1.53 bits per heavy atom. The Balaban J connectivity index is 2.12. The molecule has 1 saturated carbocycles. The zero-order chi connectivity index (χ0) is 10.9. The van der Waals surface area contributed by atoms with Crippen molar-refractivity contribution in [3.8, 4) is 0 Å². The molecule has 84 valence electrons. The van der Waals surface area contributed by atoms with Gasteiger partial charge < -0.3 is 9.88 Å². The molecule has 0 aliphatic heterocycles. The van der Waals surface area contributed by atoms with E-state index in [0.717, 1.165) is 24.6 Å². The Bertz CT molecular complexity index is 337. The summed E-state index contributed by atoms with van der Waals surface area (Å²) in [6.45, 7) is 7.60. The van der Waals surface area contributed by atoms with Crippen LogP contribution in [0.2, 0.25) is 0 Å². The van der Waals surface area contributed by atoms with E-state index in [1.807, 2.05) is 0 Å². The van der Waals surface area contributed by atoms with Crippen LogP contribution in [0.1, 0.15) is 45.2 Å². The smallest absolute Gasteiger partial charge is 0.203 e. The summed E-state index contributed by atoms with van der Waals surface area (Å²) in [6, 6.07) is 0. The summed E-state index contributed by atoms with van der Waals surface area (Å²) < 4.78 is 2.24. The van der Waals surface area contributed by atoms with Gasteiger partial charge in [0.05, 0.1) is 5.69 Å². The first kappa shape index (κ1) is 10.5. The van der Waals surface area contributed by atoms with Gasteiger partial charge in [-0.1, -0.05) is 6.92 Å². The number of imidazole rings is 1. The number of nitrogens with zero attached hydrogens (tertiary/aromatic N) is 2. The molecule has 0 unspecified atom stereocenters. The molecule has 2 rings (SSSR count). The van der Waals surface area contributed by atoms with E-state index in [-0.39, 0.29) is 0 Å². The monoisotopic (exact) mass is 207 g/mol. The van der Waals surface area contributed by atoms with Gasteiger partial charge in [0.25, 0.3) is 0 Å². The third-order valence-corrected chi connectivity index (χ3v) is 3.23. The van der Waals surface area contributed by atoms with Crippen LogP contribution in [-0.4, -0.2) is 15.1 Å². The first-order valence-corrected chi connectivity index (χ1v) is 5.95. The van der Waals surface area contributed by atoms with E-state index in [1.54, 1.807) is 0 Å². The normalized spacial score (nSPS) is 18.6. The highest BCUT2D eigenvalue weighted by atomic mass is 15.2. The number of rotatable bonds is 4. The van der Waals surface area contributed by atoms with Crippen molar-refractivity contribution < 1.29 is 0 Å².